The number of rotatable bonds is 1. The Morgan fingerprint density at radius 1 is 1.50 bits per heavy atom. The maximum atomic E-state index is 10.1. The molecule has 0 aliphatic heterocycles. The molecule has 0 spiro atoms. The Hall–Kier alpha value is -0.0900. The van der Waals surface area contributed by atoms with Gasteiger partial charge < -0.3 is 0 Å². The molecule has 0 heterocycles. The Morgan fingerprint density at radius 2 is 2.20 bits per heavy atom. The molecule has 1 radical (unpaired) electrons. The van der Waals surface area contributed by atoms with Crippen molar-refractivity contribution in [1.82, 2.24) is 0 Å². The van der Waals surface area contributed by atoms with Crippen LogP contribution in [0.1, 0.15) is 5.56 Å². The molecule has 3 heteroatoms. The first kappa shape index (κ1) is 8.01. The summed E-state index contributed by atoms with van der Waals surface area (Å²) in [5, 5.41) is 0.460. The van der Waals surface area contributed by atoms with E-state index < -0.39 is 0 Å². The molecule has 0 amide bonds. The van der Waals surface area contributed by atoms with Crippen molar-refractivity contribution >= 4 is 40.5 Å². The fourth-order valence-electron chi connectivity index (χ4n) is 0.572. The highest BCUT2D eigenvalue weighted by Gasteiger charge is 1.98. The number of halogens is 2. The predicted octanol–water partition coefficient (Wildman–Crippen LogP) is 2.40. The minimum atomic E-state index is 0.419. The summed E-state index contributed by atoms with van der Waals surface area (Å²) >= 11 is 7.79. The van der Waals surface area contributed by atoms with E-state index >= 15 is 0 Å². The largest absolute Gasteiger partial charge is 0.285 e. The molecule has 0 aromatic heterocycles. The molecule has 0 unspecified atom stereocenters. The predicted molar refractivity (Wildman–Crippen MR) is 49.0 cm³/mol. The van der Waals surface area contributed by atoms with Crippen molar-refractivity contribution in [3.63, 3.8) is 0 Å². The highest BCUT2D eigenvalue weighted by molar-refractivity contribution is 14.1. The molecule has 0 atom stereocenters. The van der Waals surface area contributed by atoms with E-state index in [2.05, 4.69) is 22.6 Å². The van der Waals surface area contributed by atoms with Gasteiger partial charge in [0.05, 0.1) is 5.02 Å². The zero-order valence-corrected chi connectivity index (χ0v) is 7.81. The van der Waals surface area contributed by atoms with Crippen LogP contribution >= 0.6 is 34.2 Å². The lowest BCUT2D eigenvalue weighted by atomic mass is 10.2. The van der Waals surface area contributed by atoms with Crippen LogP contribution in [-0.4, -0.2) is 6.29 Å². The van der Waals surface area contributed by atoms with Crippen LogP contribution < -0.4 is 0 Å². The monoisotopic (exact) mass is 265 g/mol. The summed E-state index contributed by atoms with van der Waals surface area (Å²) in [4.78, 5) is 10.1. The van der Waals surface area contributed by atoms with E-state index in [4.69, 9.17) is 11.6 Å². The summed E-state index contributed by atoms with van der Waals surface area (Å²) in [6, 6.07) is 5.19. The van der Waals surface area contributed by atoms with Crippen molar-refractivity contribution < 1.29 is 4.79 Å². The van der Waals surface area contributed by atoms with Crippen LogP contribution in [0, 0.1) is 3.57 Å². The van der Waals surface area contributed by atoms with E-state index in [9.17, 15) is 4.79 Å². The average Bonchev–Trinajstić information content (AvgIpc) is 1.88. The average molecular weight is 265 g/mol. The topological polar surface area (TPSA) is 17.1 Å². The van der Waals surface area contributed by atoms with Gasteiger partial charge in [-0.05, 0) is 40.8 Å². The highest BCUT2D eigenvalue weighted by Crippen LogP contribution is 2.16. The highest BCUT2D eigenvalue weighted by atomic mass is 127. The third-order valence-corrected chi connectivity index (χ3v) is 2.02. The maximum Gasteiger partial charge on any atom is 0.235 e. The van der Waals surface area contributed by atoms with Crippen LogP contribution in [0.3, 0.4) is 0 Å². The van der Waals surface area contributed by atoms with Crippen LogP contribution in [-0.2, 0) is 4.79 Å². The van der Waals surface area contributed by atoms with Crippen molar-refractivity contribution in [1.29, 1.82) is 0 Å². The SMILES string of the molecule is O=[C]c1ccc(I)cc1Cl. The van der Waals surface area contributed by atoms with Gasteiger partial charge in [0.2, 0.25) is 6.29 Å². The van der Waals surface area contributed by atoms with Gasteiger partial charge in [-0.15, -0.1) is 0 Å². The third-order valence-electron chi connectivity index (χ3n) is 1.04. The Bertz CT molecular complexity index is 260. The molecule has 51 valence electrons. The summed E-state index contributed by atoms with van der Waals surface area (Å²) in [6.45, 7) is 0. The molecule has 1 aromatic carbocycles. The second-order valence-electron chi connectivity index (χ2n) is 1.73. The lowest BCUT2D eigenvalue weighted by molar-refractivity contribution is 0.563. The standard InChI is InChI=1S/C7H3ClIO/c8-7-3-6(9)2-1-5(7)4-10/h1-3H. The first-order valence-corrected chi connectivity index (χ1v) is 4.03. The fraction of sp³-hybridized carbons (Fsp3) is 0. The maximum absolute atomic E-state index is 10.1. The van der Waals surface area contributed by atoms with E-state index in [1.807, 2.05) is 6.07 Å². The Balaban J connectivity index is 3.19. The van der Waals surface area contributed by atoms with Crippen LogP contribution in [0.4, 0.5) is 0 Å². The molecule has 0 aliphatic carbocycles. The van der Waals surface area contributed by atoms with E-state index in [0.717, 1.165) is 3.57 Å². The lowest BCUT2D eigenvalue weighted by Gasteiger charge is -1.93. The smallest absolute Gasteiger partial charge is 0.235 e. The van der Waals surface area contributed by atoms with Gasteiger partial charge in [-0.25, -0.2) is 0 Å². The summed E-state index contributed by atoms with van der Waals surface area (Å²) in [7, 11) is 0. The van der Waals surface area contributed by atoms with E-state index in [1.54, 1.807) is 18.4 Å². The molecule has 1 aromatic rings. The summed E-state index contributed by atoms with van der Waals surface area (Å²) in [6.07, 6.45) is 1.74. The fourth-order valence-corrected chi connectivity index (χ4v) is 1.47. The van der Waals surface area contributed by atoms with Crippen LogP contribution in [0.5, 0.6) is 0 Å². The van der Waals surface area contributed by atoms with Crippen molar-refractivity contribution in [2.24, 2.45) is 0 Å². The molecule has 0 bridgehead atoms. The molecule has 0 N–H and O–H groups in total. The van der Waals surface area contributed by atoms with Gasteiger partial charge >= 0.3 is 0 Å². The lowest BCUT2D eigenvalue weighted by Crippen LogP contribution is -1.81. The second-order valence-corrected chi connectivity index (χ2v) is 3.38. The quantitative estimate of drug-likeness (QED) is 0.713. The Labute approximate surface area is 77.5 Å². The Kier molecular flexibility index (Phi) is 2.68. The number of carbonyl (C=O) groups excluding carboxylic acids is 1. The van der Waals surface area contributed by atoms with Gasteiger partial charge in [0.1, 0.15) is 0 Å². The van der Waals surface area contributed by atoms with Gasteiger partial charge in [0.25, 0.3) is 0 Å². The van der Waals surface area contributed by atoms with Crippen LogP contribution in [0.2, 0.25) is 5.02 Å². The molecule has 10 heavy (non-hydrogen) atoms. The summed E-state index contributed by atoms with van der Waals surface area (Å²) in [5.41, 5.74) is 0.419. The van der Waals surface area contributed by atoms with Gasteiger partial charge in [-0.3, -0.25) is 4.79 Å². The molecular formula is C7H3ClIO. The van der Waals surface area contributed by atoms with E-state index in [1.165, 1.54) is 0 Å². The zero-order chi connectivity index (χ0) is 7.56. The molecule has 0 aliphatic rings. The number of benzene rings is 1. The van der Waals surface area contributed by atoms with Crippen molar-refractivity contribution in [3.8, 4) is 0 Å². The van der Waals surface area contributed by atoms with Crippen LogP contribution in [0.15, 0.2) is 18.2 Å². The second kappa shape index (κ2) is 3.34. The molecular weight excluding hydrogens is 262 g/mol. The van der Waals surface area contributed by atoms with Crippen molar-refractivity contribution in [2.45, 2.75) is 0 Å². The summed E-state index contributed by atoms with van der Waals surface area (Å²) in [5.74, 6) is 0. The minimum Gasteiger partial charge on any atom is -0.285 e. The molecule has 0 saturated carbocycles. The van der Waals surface area contributed by atoms with Crippen molar-refractivity contribution in [2.75, 3.05) is 0 Å². The Morgan fingerprint density at radius 3 is 2.70 bits per heavy atom. The molecule has 1 nitrogen and oxygen atoms in total. The minimum absolute atomic E-state index is 0.419. The van der Waals surface area contributed by atoms with Gasteiger partial charge in [0, 0.05) is 9.13 Å². The number of hydrogen-bond acceptors (Lipinski definition) is 1. The van der Waals surface area contributed by atoms with Gasteiger partial charge in [-0.1, -0.05) is 11.6 Å². The molecule has 0 saturated heterocycles. The first-order valence-electron chi connectivity index (χ1n) is 2.57. The third kappa shape index (κ3) is 1.70. The van der Waals surface area contributed by atoms with Gasteiger partial charge in [0.15, 0.2) is 0 Å². The van der Waals surface area contributed by atoms with Gasteiger partial charge in [-0.2, -0.15) is 0 Å². The van der Waals surface area contributed by atoms with Crippen molar-refractivity contribution in [3.05, 3.63) is 32.4 Å². The van der Waals surface area contributed by atoms with Crippen LogP contribution in [0.25, 0.3) is 0 Å². The van der Waals surface area contributed by atoms with E-state index in [-0.39, 0.29) is 0 Å². The first-order chi connectivity index (χ1) is 4.74. The van der Waals surface area contributed by atoms with E-state index in [0.29, 0.717) is 10.6 Å². The normalized spacial score (nSPS) is 9.40. The summed E-state index contributed by atoms with van der Waals surface area (Å²) < 4.78 is 1.02. The number of hydrogen-bond donors (Lipinski definition) is 0. The zero-order valence-electron chi connectivity index (χ0n) is 4.90. The molecule has 1 rings (SSSR count). The molecule has 0 fully saturated rings.